The molecule has 0 spiro atoms. The van der Waals surface area contributed by atoms with Crippen LogP contribution < -0.4 is 15.8 Å². The first-order valence-electron chi connectivity index (χ1n) is 11.0. The van der Waals surface area contributed by atoms with Gasteiger partial charge >= 0.3 is 0 Å². The lowest BCUT2D eigenvalue weighted by molar-refractivity contribution is 0.0980. The number of nitrogens with one attached hydrogen (secondary N) is 2. The topological polar surface area (TPSA) is 173 Å². The Morgan fingerprint density at radius 2 is 1.26 bits per heavy atom. The lowest BCUT2D eigenvalue weighted by Gasteiger charge is -2.23. The second kappa shape index (κ2) is 9.10. The number of anilines is 4. The van der Waals surface area contributed by atoms with Gasteiger partial charge in [-0.15, -0.1) is 0 Å². The minimum atomic E-state index is -4.88. The van der Waals surface area contributed by atoms with Crippen LogP contribution in [0.5, 0.6) is 0 Å². The molecule has 0 aliphatic heterocycles. The fourth-order valence-corrected chi connectivity index (χ4v) is 5.95. The van der Waals surface area contributed by atoms with E-state index in [0.717, 1.165) is 6.07 Å². The number of carbonyl (C=O) groups is 2. The minimum absolute atomic E-state index is 0.0477. The van der Waals surface area contributed by atoms with E-state index in [0.29, 0.717) is 0 Å². The molecule has 0 saturated carbocycles. The van der Waals surface area contributed by atoms with Gasteiger partial charge in [0.25, 0.3) is 20.1 Å². The van der Waals surface area contributed by atoms with E-state index in [-0.39, 0.29) is 44.2 Å². The van der Waals surface area contributed by atoms with Gasteiger partial charge in [0.2, 0.25) is 0 Å². The quantitative estimate of drug-likeness (QED) is 0.181. The fraction of sp³-hybridized carbons (Fsp3) is 0. The van der Waals surface area contributed by atoms with Crippen molar-refractivity contribution < 1.29 is 31.0 Å². The van der Waals surface area contributed by atoms with Crippen molar-refractivity contribution in [3.8, 4) is 0 Å². The monoisotopic (exact) mass is 549 g/mol. The van der Waals surface area contributed by atoms with Gasteiger partial charge in [-0.25, -0.2) is 8.42 Å². The lowest BCUT2D eigenvalue weighted by Crippen LogP contribution is -2.25. The van der Waals surface area contributed by atoms with E-state index in [1.807, 2.05) is 0 Å². The molecule has 0 atom stereocenters. The molecule has 1 aliphatic rings. The molecule has 12 heteroatoms. The van der Waals surface area contributed by atoms with Crippen molar-refractivity contribution >= 4 is 54.5 Å². The van der Waals surface area contributed by atoms with Crippen LogP contribution in [0.15, 0.2) is 94.7 Å². The Morgan fingerprint density at radius 1 is 0.684 bits per heavy atom. The first kappa shape index (κ1) is 25.1. The molecule has 192 valence electrons. The van der Waals surface area contributed by atoms with Crippen molar-refractivity contribution in [2.75, 3.05) is 15.8 Å². The maximum Gasteiger partial charge on any atom is 0.296 e. The summed E-state index contributed by atoms with van der Waals surface area (Å²) in [4.78, 5) is 26.0. The molecule has 10 nitrogen and oxygen atoms in total. The first-order valence-corrected chi connectivity index (χ1v) is 14.0. The number of benzene rings is 4. The average Bonchev–Trinajstić information content (AvgIpc) is 2.88. The van der Waals surface area contributed by atoms with Crippen LogP contribution in [0.4, 0.5) is 22.7 Å². The maximum absolute atomic E-state index is 13.4. The predicted octanol–water partition coefficient (Wildman–Crippen LogP) is 3.84. The summed E-state index contributed by atoms with van der Waals surface area (Å²) >= 11 is 0. The summed E-state index contributed by atoms with van der Waals surface area (Å²) in [5.74, 6) is -1.25. The Bertz CT molecular complexity index is 1850. The predicted molar refractivity (Wildman–Crippen MR) is 141 cm³/mol. The smallest absolute Gasteiger partial charge is 0.296 e. The van der Waals surface area contributed by atoms with Crippen LogP contribution >= 0.6 is 0 Å². The highest BCUT2D eigenvalue weighted by molar-refractivity contribution is 7.92. The van der Waals surface area contributed by atoms with Crippen molar-refractivity contribution in [1.82, 2.24) is 0 Å². The van der Waals surface area contributed by atoms with Crippen molar-refractivity contribution in [3.05, 3.63) is 107 Å². The number of hydrogen-bond donors (Lipinski definition) is 4. The molecule has 0 bridgehead atoms. The van der Waals surface area contributed by atoms with Gasteiger partial charge in [0.1, 0.15) is 4.90 Å². The number of nitrogen functional groups attached to an aromatic ring is 1. The zero-order chi connectivity index (χ0) is 27.2. The molecule has 38 heavy (non-hydrogen) atoms. The lowest BCUT2D eigenvalue weighted by atomic mass is 9.82. The summed E-state index contributed by atoms with van der Waals surface area (Å²) < 4.78 is 61.9. The number of sulfonamides is 1. The zero-order valence-electron chi connectivity index (χ0n) is 19.4. The molecule has 4 aromatic carbocycles. The standard InChI is InChI=1S/C26H19N3O7S2/c27-24-21(38(34,35)36)14-20(22-23(24)26(31)19-12-5-4-11-18(19)25(22)30)28-15-7-6-8-16(13-15)29-37(32,33)17-9-2-1-3-10-17/h1-14,28-29H,27H2,(H,34,35,36). The molecule has 0 radical (unpaired) electrons. The Hall–Kier alpha value is -4.52. The zero-order valence-corrected chi connectivity index (χ0v) is 21.0. The maximum atomic E-state index is 13.4. The number of nitrogens with two attached hydrogens (primary N) is 1. The van der Waals surface area contributed by atoms with Gasteiger partial charge in [-0.05, 0) is 36.4 Å². The summed E-state index contributed by atoms with van der Waals surface area (Å²) in [6, 6.07) is 20.7. The molecule has 4 aromatic rings. The molecule has 5 N–H and O–H groups in total. The summed E-state index contributed by atoms with van der Waals surface area (Å²) in [6.07, 6.45) is 0. The Kier molecular flexibility index (Phi) is 6.02. The van der Waals surface area contributed by atoms with Crippen molar-refractivity contribution in [2.45, 2.75) is 9.79 Å². The van der Waals surface area contributed by atoms with E-state index >= 15 is 0 Å². The van der Waals surface area contributed by atoms with Crippen LogP contribution in [0.1, 0.15) is 31.8 Å². The highest BCUT2D eigenvalue weighted by atomic mass is 32.2. The molecule has 0 amide bonds. The Labute approximate surface area is 217 Å². The highest BCUT2D eigenvalue weighted by Crippen LogP contribution is 2.40. The van der Waals surface area contributed by atoms with Crippen molar-refractivity contribution in [1.29, 1.82) is 0 Å². The second-order valence-electron chi connectivity index (χ2n) is 8.39. The molecule has 5 rings (SSSR count). The third kappa shape index (κ3) is 4.41. The van der Waals surface area contributed by atoms with Crippen molar-refractivity contribution in [3.63, 3.8) is 0 Å². The second-order valence-corrected chi connectivity index (χ2v) is 11.5. The molecule has 0 aromatic heterocycles. The third-order valence-corrected chi connectivity index (χ3v) is 8.22. The first-order chi connectivity index (χ1) is 18.0. The van der Waals surface area contributed by atoms with E-state index in [9.17, 15) is 31.0 Å². The molecule has 0 saturated heterocycles. The van der Waals surface area contributed by atoms with Crippen LogP contribution in [0.3, 0.4) is 0 Å². The summed E-state index contributed by atoms with van der Waals surface area (Å²) in [5.41, 5.74) is 5.39. The normalized spacial score (nSPS) is 13.0. The molecular formula is C26H19N3O7S2. The van der Waals surface area contributed by atoms with Crippen LogP contribution in [-0.4, -0.2) is 33.0 Å². The van der Waals surface area contributed by atoms with E-state index in [4.69, 9.17) is 5.73 Å². The average molecular weight is 550 g/mol. The molecule has 0 heterocycles. The van der Waals surface area contributed by atoms with Gasteiger partial charge in [-0.1, -0.05) is 48.5 Å². The van der Waals surface area contributed by atoms with Gasteiger partial charge < -0.3 is 11.1 Å². The van der Waals surface area contributed by atoms with Crippen LogP contribution in [-0.2, 0) is 20.1 Å². The number of fused-ring (bicyclic) bond motifs is 2. The summed E-state index contributed by atoms with van der Waals surface area (Å²) in [6.45, 7) is 0. The number of hydrogen-bond acceptors (Lipinski definition) is 8. The fourth-order valence-electron chi connectivity index (χ4n) is 4.24. The number of ketones is 2. The molecule has 1 aliphatic carbocycles. The van der Waals surface area contributed by atoms with E-state index in [1.54, 1.807) is 36.4 Å². The Balaban J connectivity index is 1.61. The van der Waals surface area contributed by atoms with Gasteiger partial charge in [-0.3, -0.25) is 18.9 Å². The van der Waals surface area contributed by atoms with Gasteiger partial charge in [0, 0.05) is 16.8 Å². The Morgan fingerprint density at radius 3 is 1.89 bits per heavy atom. The molecule has 0 unspecified atom stereocenters. The van der Waals surface area contributed by atoms with Gasteiger partial charge in [0.05, 0.1) is 33.1 Å². The third-order valence-electron chi connectivity index (χ3n) is 5.93. The largest absolute Gasteiger partial charge is 0.397 e. The van der Waals surface area contributed by atoms with E-state index in [2.05, 4.69) is 10.0 Å². The SMILES string of the molecule is Nc1c(S(=O)(=O)O)cc(Nc2cccc(NS(=O)(=O)c3ccccc3)c2)c2c1C(=O)c1ccccc1C2=O. The summed E-state index contributed by atoms with van der Waals surface area (Å²) in [7, 11) is -8.79. The van der Waals surface area contributed by atoms with Crippen molar-refractivity contribution in [2.24, 2.45) is 0 Å². The van der Waals surface area contributed by atoms with Crippen LogP contribution in [0.2, 0.25) is 0 Å². The van der Waals surface area contributed by atoms with Gasteiger partial charge in [-0.2, -0.15) is 8.42 Å². The van der Waals surface area contributed by atoms with Crippen LogP contribution in [0, 0.1) is 0 Å². The number of rotatable bonds is 6. The van der Waals surface area contributed by atoms with E-state index in [1.165, 1.54) is 42.5 Å². The summed E-state index contributed by atoms with van der Waals surface area (Å²) in [5, 5.41) is 2.88. The van der Waals surface area contributed by atoms with Gasteiger partial charge in [0.15, 0.2) is 11.6 Å². The minimum Gasteiger partial charge on any atom is -0.397 e. The molecule has 0 fully saturated rings. The highest BCUT2D eigenvalue weighted by Gasteiger charge is 2.36. The van der Waals surface area contributed by atoms with E-state index < -0.39 is 42.3 Å². The molecular weight excluding hydrogens is 530 g/mol. The van der Waals surface area contributed by atoms with Crippen LogP contribution in [0.25, 0.3) is 0 Å². The number of carbonyl (C=O) groups excluding carboxylic acids is 2.